The van der Waals surface area contributed by atoms with Crippen molar-refractivity contribution in [2.75, 3.05) is 6.54 Å². The Labute approximate surface area is 180 Å². The van der Waals surface area contributed by atoms with Gasteiger partial charge >= 0.3 is 0 Å². The fourth-order valence-corrected chi connectivity index (χ4v) is 4.86. The van der Waals surface area contributed by atoms with Gasteiger partial charge in [0, 0.05) is 17.5 Å². The monoisotopic (exact) mass is 414 g/mol. The third-order valence-corrected chi connectivity index (χ3v) is 6.91. The lowest BCUT2D eigenvalue weighted by Gasteiger charge is -2.48. The Morgan fingerprint density at radius 2 is 1.70 bits per heavy atom. The number of ketones is 1. The molecule has 5 nitrogen and oxygen atoms in total. The number of aliphatic carboxylic acids is 1. The fourth-order valence-electron chi connectivity index (χ4n) is 4.86. The molecular weight excluding hydrogens is 378 g/mol. The number of Topliss-reactive ketones (excluding diaryl/α,β-unsaturated/α-hetero) is 1. The zero-order chi connectivity index (χ0) is 22.2. The van der Waals surface area contributed by atoms with Crippen molar-refractivity contribution in [3.05, 3.63) is 35.9 Å². The van der Waals surface area contributed by atoms with Crippen molar-refractivity contribution < 1.29 is 19.5 Å². The van der Waals surface area contributed by atoms with Crippen molar-refractivity contribution in [3.8, 4) is 0 Å². The number of carboxylic acid groups (broad SMARTS) is 1. The second-order valence-electron chi connectivity index (χ2n) is 9.76. The van der Waals surface area contributed by atoms with Gasteiger partial charge < -0.3 is 15.2 Å². The maximum absolute atomic E-state index is 12.6. The van der Waals surface area contributed by atoms with Crippen molar-refractivity contribution in [3.63, 3.8) is 0 Å². The number of rotatable bonds is 10. The van der Waals surface area contributed by atoms with Crippen LogP contribution >= 0.6 is 0 Å². The van der Waals surface area contributed by atoms with E-state index in [1.807, 2.05) is 6.07 Å². The van der Waals surface area contributed by atoms with Gasteiger partial charge in [0.15, 0.2) is 5.78 Å². The molecule has 1 aromatic rings. The second-order valence-corrected chi connectivity index (χ2v) is 9.76. The van der Waals surface area contributed by atoms with Crippen molar-refractivity contribution in [1.29, 1.82) is 0 Å². The average molecular weight is 415 g/mol. The summed E-state index contributed by atoms with van der Waals surface area (Å²) in [6.07, 6.45) is 8.13. The van der Waals surface area contributed by atoms with E-state index in [2.05, 4.69) is 26.1 Å². The summed E-state index contributed by atoms with van der Waals surface area (Å²) >= 11 is 0. The van der Waals surface area contributed by atoms with Crippen LogP contribution in [0.15, 0.2) is 30.3 Å². The molecule has 0 heterocycles. The molecule has 166 valence electrons. The fraction of sp³-hybridized carbons (Fsp3) is 0.640. The van der Waals surface area contributed by atoms with E-state index in [1.54, 1.807) is 24.3 Å². The predicted octanol–water partition coefficient (Wildman–Crippen LogP) is 3.91. The maximum atomic E-state index is 12.6. The van der Waals surface area contributed by atoms with Crippen molar-refractivity contribution >= 4 is 17.7 Å². The number of hydrogen-bond donors (Lipinski definition) is 1. The number of hydrogen-bond acceptors (Lipinski definition) is 4. The lowest BCUT2D eigenvalue weighted by Crippen LogP contribution is -2.39. The molecule has 30 heavy (non-hydrogen) atoms. The lowest BCUT2D eigenvalue weighted by molar-refractivity contribution is -0.306. The molecule has 2 rings (SSSR count). The lowest BCUT2D eigenvalue weighted by atomic mass is 9.57. The van der Waals surface area contributed by atoms with E-state index in [9.17, 15) is 19.5 Å². The summed E-state index contributed by atoms with van der Waals surface area (Å²) in [6, 6.07) is 8.75. The largest absolute Gasteiger partial charge is 0.550 e. The zero-order valence-corrected chi connectivity index (χ0v) is 18.7. The number of benzene rings is 1. The van der Waals surface area contributed by atoms with Gasteiger partial charge in [0.05, 0.1) is 6.54 Å². The van der Waals surface area contributed by atoms with Crippen LogP contribution in [0.25, 0.3) is 0 Å². The molecule has 1 amide bonds. The van der Waals surface area contributed by atoms with Crippen LogP contribution in [0, 0.1) is 16.7 Å². The maximum Gasteiger partial charge on any atom is 0.223 e. The molecule has 1 N–H and O–H groups in total. The highest BCUT2D eigenvalue weighted by atomic mass is 16.4. The Bertz CT molecular complexity index is 714. The van der Waals surface area contributed by atoms with Crippen LogP contribution in [0.2, 0.25) is 0 Å². The van der Waals surface area contributed by atoms with Gasteiger partial charge in [-0.05, 0) is 42.9 Å². The Hall–Kier alpha value is -2.17. The molecule has 0 aromatic heterocycles. The Morgan fingerprint density at radius 1 is 1.07 bits per heavy atom. The third kappa shape index (κ3) is 6.68. The number of amides is 1. The molecule has 1 saturated carbocycles. The van der Waals surface area contributed by atoms with Crippen molar-refractivity contribution in [1.82, 2.24) is 5.32 Å². The minimum absolute atomic E-state index is 0.127. The number of carboxylic acids is 1. The average Bonchev–Trinajstić information content (AvgIpc) is 2.71. The number of nitrogens with one attached hydrogen (secondary N) is 1. The number of carbonyl (C=O) groups excluding carboxylic acids is 3. The van der Waals surface area contributed by atoms with Gasteiger partial charge in [0.1, 0.15) is 0 Å². The van der Waals surface area contributed by atoms with Crippen LogP contribution in [0.3, 0.4) is 0 Å². The van der Waals surface area contributed by atoms with E-state index in [1.165, 1.54) is 32.1 Å². The zero-order valence-electron chi connectivity index (χ0n) is 18.7. The first-order valence-electron chi connectivity index (χ1n) is 11.2. The quantitative estimate of drug-likeness (QED) is 0.588. The van der Waals surface area contributed by atoms with Crippen molar-refractivity contribution in [2.45, 2.75) is 78.6 Å². The minimum Gasteiger partial charge on any atom is -0.550 e. The summed E-state index contributed by atoms with van der Waals surface area (Å²) in [5, 5.41) is 13.8. The molecule has 0 radical (unpaired) electrons. The standard InChI is InChI=1S/C25H37NO4/c1-24(2,3)25(14-8-5-9-15-25)16-10-13-20(17-22(28)29)23(30)26-18-21(27)19-11-6-4-7-12-19/h4,6-7,11-12,20H,5,8-10,13-18H2,1-3H3,(H,26,30)(H,28,29)/p-1. The molecule has 1 aliphatic carbocycles. The Morgan fingerprint density at radius 3 is 2.27 bits per heavy atom. The van der Waals surface area contributed by atoms with Gasteiger partial charge in [-0.15, -0.1) is 0 Å². The highest BCUT2D eigenvalue weighted by Crippen LogP contribution is 2.52. The van der Waals surface area contributed by atoms with E-state index in [-0.39, 0.29) is 35.5 Å². The van der Waals surface area contributed by atoms with Crippen LogP contribution in [-0.4, -0.2) is 24.2 Å². The summed E-state index contributed by atoms with van der Waals surface area (Å²) in [6.45, 7) is 6.74. The minimum atomic E-state index is -1.23. The summed E-state index contributed by atoms with van der Waals surface area (Å²) in [4.78, 5) is 36.0. The predicted molar refractivity (Wildman–Crippen MR) is 116 cm³/mol. The first kappa shape index (κ1) is 24.1. The molecule has 1 fully saturated rings. The molecule has 0 saturated heterocycles. The summed E-state index contributed by atoms with van der Waals surface area (Å²) in [7, 11) is 0. The van der Waals surface area contributed by atoms with E-state index >= 15 is 0 Å². The molecule has 1 aromatic carbocycles. The Kier molecular flexibility index (Phi) is 8.63. The second kappa shape index (κ2) is 10.7. The van der Waals surface area contributed by atoms with Gasteiger partial charge in [-0.1, -0.05) is 76.8 Å². The molecule has 5 heteroatoms. The van der Waals surface area contributed by atoms with Crippen LogP contribution in [0.1, 0.15) is 88.9 Å². The van der Waals surface area contributed by atoms with Gasteiger partial charge in [0.2, 0.25) is 5.91 Å². The first-order valence-corrected chi connectivity index (χ1v) is 11.2. The Balaban J connectivity index is 1.93. The highest BCUT2D eigenvalue weighted by Gasteiger charge is 2.41. The molecule has 1 atom stereocenters. The normalized spacial score (nSPS) is 17.2. The summed E-state index contributed by atoms with van der Waals surface area (Å²) in [5.41, 5.74) is 0.956. The highest BCUT2D eigenvalue weighted by molar-refractivity contribution is 5.99. The number of carbonyl (C=O) groups is 3. The topological polar surface area (TPSA) is 86.3 Å². The van der Waals surface area contributed by atoms with Gasteiger partial charge in [-0.2, -0.15) is 0 Å². The molecule has 0 spiro atoms. The summed E-state index contributed by atoms with van der Waals surface area (Å²) < 4.78 is 0. The van der Waals surface area contributed by atoms with E-state index in [4.69, 9.17) is 0 Å². The van der Waals surface area contributed by atoms with Gasteiger partial charge in [-0.25, -0.2) is 0 Å². The van der Waals surface area contributed by atoms with Gasteiger partial charge in [0.25, 0.3) is 0 Å². The smallest absolute Gasteiger partial charge is 0.223 e. The van der Waals surface area contributed by atoms with E-state index in [0.717, 1.165) is 12.8 Å². The molecule has 1 unspecified atom stereocenters. The molecule has 1 aliphatic rings. The molecule has 0 bridgehead atoms. The van der Waals surface area contributed by atoms with E-state index in [0.29, 0.717) is 12.0 Å². The third-order valence-electron chi connectivity index (χ3n) is 6.91. The first-order chi connectivity index (χ1) is 14.1. The molecule has 0 aliphatic heterocycles. The van der Waals surface area contributed by atoms with Crippen LogP contribution in [0.5, 0.6) is 0 Å². The van der Waals surface area contributed by atoms with Gasteiger partial charge in [-0.3, -0.25) is 9.59 Å². The van der Waals surface area contributed by atoms with Crippen molar-refractivity contribution in [2.24, 2.45) is 16.7 Å². The SMILES string of the molecule is CC(C)(C)C1(CCCC(CC(=O)[O-])C(=O)NCC(=O)c2ccccc2)CCCCC1. The van der Waals surface area contributed by atoms with E-state index < -0.39 is 11.9 Å². The van der Waals surface area contributed by atoms with Crippen LogP contribution < -0.4 is 10.4 Å². The van der Waals surface area contributed by atoms with Crippen LogP contribution in [0.4, 0.5) is 0 Å². The molecular formula is C25H36NO4-. The summed E-state index contributed by atoms with van der Waals surface area (Å²) in [5.74, 6) is -2.46. The van der Waals surface area contributed by atoms with Crippen LogP contribution in [-0.2, 0) is 9.59 Å².